The van der Waals surface area contributed by atoms with E-state index >= 15 is 0 Å². The highest BCUT2D eigenvalue weighted by Gasteiger charge is 2.20. The average molecular weight is 330 g/mol. The highest BCUT2D eigenvalue weighted by atomic mass is 16.5. The van der Waals surface area contributed by atoms with E-state index in [0.29, 0.717) is 33.5 Å². The molecule has 25 heavy (non-hydrogen) atoms. The maximum absolute atomic E-state index is 13.1. The Morgan fingerprint density at radius 3 is 2.64 bits per heavy atom. The molecule has 0 fully saturated rings. The number of hydrogen-bond acceptors (Lipinski definition) is 6. The molecule has 8 nitrogen and oxygen atoms in total. The number of H-pyrrole nitrogens is 2. The fraction of sp³-hybridized carbons (Fsp3) is 0. The van der Waals surface area contributed by atoms with Crippen molar-refractivity contribution >= 4 is 21.8 Å². The largest absolute Gasteiger partial charge is 0.354 e. The summed E-state index contributed by atoms with van der Waals surface area (Å²) in [6.07, 6.45) is 1.22. The van der Waals surface area contributed by atoms with Crippen LogP contribution in [0, 0.1) is 0 Å². The predicted octanol–water partition coefficient (Wildman–Crippen LogP) is 2.52. The van der Waals surface area contributed by atoms with Gasteiger partial charge in [-0.05, 0) is 18.2 Å². The van der Waals surface area contributed by atoms with E-state index in [4.69, 9.17) is 4.52 Å². The van der Waals surface area contributed by atoms with Crippen LogP contribution in [0.15, 0.2) is 58.2 Å². The van der Waals surface area contributed by atoms with Crippen molar-refractivity contribution in [3.8, 4) is 22.8 Å². The van der Waals surface area contributed by atoms with Crippen molar-refractivity contribution in [3.63, 3.8) is 0 Å². The molecule has 120 valence electrons. The summed E-state index contributed by atoms with van der Waals surface area (Å²) in [6, 6.07) is 13.0. The molecule has 5 aromatic rings. The number of aromatic amines is 2. The van der Waals surface area contributed by atoms with E-state index in [1.807, 2.05) is 36.4 Å². The minimum atomic E-state index is -0.0676. The minimum Gasteiger partial charge on any atom is -0.354 e. The first-order valence-corrected chi connectivity index (χ1v) is 7.54. The van der Waals surface area contributed by atoms with Gasteiger partial charge >= 0.3 is 0 Å². The summed E-state index contributed by atoms with van der Waals surface area (Å²) in [5.74, 6) is 0.304. The highest BCUT2D eigenvalue weighted by molar-refractivity contribution is 6.01. The zero-order valence-corrected chi connectivity index (χ0v) is 12.7. The van der Waals surface area contributed by atoms with Crippen LogP contribution in [0.1, 0.15) is 0 Å². The van der Waals surface area contributed by atoms with Crippen LogP contribution in [0.4, 0.5) is 0 Å². The Morgan fingerprint density at radius 1 is 0.920 bits per heavy atom. The number of aromatic nitrogens is 6. The van der Waals surface area contributed by atoms with Gasteiger partial charge in [0.1, 0.15) is 5.69 Å². The number of para-hydroxylation sites is 1. The molecule has 0 spiro atoms. The van der Waals surface area contributed by atoms with E-state index in [0.717, 1.165) is 11.0 Å². The molecule has 0 bridgehead atoms. The van der Waals surface area contributed by atoms with Crippen LogP contribution in [-0.4, -0.2) is 30.5 Å². The van der Waals surface area contributed by atoms with E-state index in [2.05, 4.69) is 30.5 Å². The zero-order chi connectivity index (χ0) is 16.8. The lowest BCUT2D eigenvalue weighted by molar-refractivity contribution is 0.418. The number of rotatable bonds is 2. The van der Waals surface area contributed by atoms with Crippen LogP contribution in [0.2, 0.25) is 0 Å². The minimum absolute atomic E-state index is 0.0676. The number of fused-ring (bicyclic) bond motifs is 2. The summed E-state index contributed by atoms with van der Waals surface area (Å²) < 4.78 is 4.79. The lowest BCUT2D eigenvalue weighted by Crippen LogP contribution is -2.06. The van der Waals surface area contributed by atoms with Crippen LogP contribution >= 0.6 is 0 Å². The molecule has 8 heteroatoms. The van der Waals surface area contributed by atoms with Crippen LogP contribution in [0.5, 0.6) is 0 Å². The second kappa shape index (κ2) is 5.10. The van der Waals surface area contributed by atoms with Crippen LogP contribution in [-0.2, 0) is 0 Å². The third kappa shape index (κ3) is 1.97. The summed E-state index contributed by atoms with van der Waals surface area (Å²) in [5.41, 5.74) is 3.01. The van der Waals surface area contributed by atoms with Gasteiger partial charge in [0, 0.05) is 16.5 Å². The third-order valence-electron chi connectivity index (χ3n) is 4.11. The molecule has 0 aliphatic heterocycles. The maximum atomic E-state index is 13.1. The summed E-state index contributed by atoms with van der Waals surface area (Å²) in [4.78, 5) is 20.4. The van der Waals surface area contributed by atoms with E-state index in [1.54, 1.807) is 6.07 Å². The lowest BCUT2D eigenvalue weighted by atomic mass is 10.0. The van der Waals surface area contributed by atoms with Gasteiger partial charge in [0.25, 0.3) is 0 Å². The molecule has 0 aliphatic carbocycles. The van der Waals surface area contributed by atoms with Gasteiger partial charge in [-0.2, -0.15) is 20.4 Å². The number of nitrogens with one attached hydrogen (secondary N) is 2. The maximum Gasteiger partial charge on any atom is 0.225 e. The molecule has 0 aliphatic rings. The fourth-order valence-electron chi connectivity index (χ4n) is 3.02. The van der Waals surface area contributed by atoms with Crippen molar-refractivity contribution in [1.82, 2.24) is 30.5 Å². The van der Waals surface area contributed by atoms with Crippen molar-refractivity contribution < 1.29 is 4.52 Å². The normalized spacial score (nSPS) is 11.4. The Labute approximate surface area is 139 Å². The summed E-state index contributed by atoms with van der Waals surface area (Å²) >= 11 is 0. The quantitative estimate of drug-likeness (QED) is 0.481. The van der Waals surface area contributed by atoms with Crippen molar-refractivity contribution in [2.24, 2.45) is 0 Å². The first-order valence-electron chi connectivity index (χ1n) is 7.54. The van der Waals surface area contributed by atoms with Crippen LogP contribution in [0.25, 0.3) is 44.6 Å². The van der Waals surface area contributed by atoms with Gasteiger partial charge in [-0.15, -0.1) is 0 Å². The first kappa shape index (κ1) is 13.6. The van der Waals surface area contributed by atoms with Crippen LogP contribution in [0.3, 0.4) is 0 Å². The molecular weight excluding hydrogens is 320 g/mol. The summed E-state index contributed by atoms with van der Waals surface area (Å²) in [6.45, 7) is 0. The van der Waals surface area contributed by atoms with Gasteiger partial charge in [-0.25, -0.2) is 0 Å². The lowest BCUT2D eigenvalue weighted by Gasteiger charge is -2.06. The fourth-order valence-corrected chi connectivity index (χ4v) is 3.02. The second-order valence-electron chi connectivity index (χ2n) is 5.50. The van der Waals surface area contributed by atoms with Crippen molar-refractivity contribution in [3.05, 3.63) is 59.1 Å². The van der Waals surface area contributed by atoms with Crippen molar-refractivity contribution in [2.45, 2.75) is 0 Å². The number of pyridine rings is 1. The molecule has 5 rings (SSSR count). The molecule has 3 aromatic heterocycles. The van der Waals surface area contributed by atoms with Gasteiger partial charge in [0.05, 0.1) is 10.9 Å². The van der Waals surface area contributed by atoms with Gasteiger partial charge < -0.3 is 9.51 Å². The first-order chi connectivity index (χ1) is 12.3. The van der Waals surface area contributed by atoms with E-state index in [1.165, 1.54) is 6.39 Å². The average Bonchev–Trinajstić information content (AvgIpc) is 3.32. The molecule has 0 unspecified atom stereocenters. The number of nitrogens with zero attached hydrogens (tertiary/aromatic N) is 4. The molecule has 0 saturated heterocycles. The smallest absolute Gasteiger partial charge is 0.225 e. The predicted molar refractivity (Wildman–Crippen MR) is 90.7 cm³/mol. The van der Waals surface area contributed by atoms with Crippen molar-refractivity contribution in [1.29, 1.82) is 0 Å². The van der Waals surface area contributed by atoms with Gasteiger partial charge in [-0.1, -0.05) is 29.4 Å². The van der Waals surface area contributed by atoms with Crippen molar-refractivity contribution in [2.75, 3.05) is 0 Å². The Kier molecular flexibility index (Phi) is 2.78. The van der Waals surface area contributed by atoms with Gasteiger partial charge in [0.2, 0.25) is 12.2 Å². The molecule has 2 aromatic carbocycles. The molecule has 2 N–H and O–H groups in total. The summed E-state index contributed by atoms with van der Waals surface area (Å²) in [7, 11) is 0. The number of benzene rings is 2. The second-order valence-corrected chi connectivity index (χ2v) is 5.50. The van der Waals surface area contributed by atoms with E-state index in [9.17, 15) is 4.79 Å². The van der Waals surface area contributed by atoms with Crippen LogP contribution < -0.4 is 5.43 Å². The van der Waals surface area contributed by atoms with E-state index < -0.39 is 0 Å². The Hall–Kier alpha value is -3.81. The monoisotopic (exact) mass is 330 g/mol. The highest BCUT2D eigenvalue weighted by Crippen LogP contribution is 2.30. The Bertz CT molecular complexity index is 1270. The van der Waals surface area contributed by atoms with Gasteiger partial charge in [0.15, 0.2) is 11.1 Å². The standard InChI is InChI=1S/C17H10N6O2/c24-16-9-4-1-2-6-11(9)19-12-7-3-5-10(13(12)16)14-15(21-23-20-14)17-18-8-25-22-17/h1-8H,(H,19,24)(H,20,21,23). The molecule has 0 amide bonds. The molecule has 0 saturated carbocycles. The molecular formula is C17H10N6O2. The zero-order valence-electron chi connectivity index (χ0n) is 12.7. The van der Waals surface area contributed by atoms with E-state index in [-0.39, 0.29) is 5.43 Å². The Balaban J connectivity index is 1.88. The molecule has 3 heterocycles. The third-order valence-corrected chi connectivity index (χ3v) is 4.11. The molecule has 0 atom stereocenters. The Morgan fingerprint density at radius 2 is 1.76 bits per heavy atom. The molecule has 0 radical (unpaired) electrons. The topological polar surface area (TPSA) is 113 Å². The SMILES string of the molecule is O=c1c2ccccc2[nH]c2cccc(-c3n[nH]nc3-c3ncon3)c12. The van der Waals surface area contributed by atoms with Gasteiger partial charge in [-0.3, -0.25) is 4.79 Å². The summed E-state index contributed by atoms with van der Waals surface area (Å²) in [5, 5.41) is 15.8. The number of hydrogen-bond donors (Lipinski definition) is 2.